The van der Waals surface area contributed by atoms with E-state index >= 15 is 0 Å². The van der Waals surface area contributed by atoms with Gasteiger partial charge in [-0.15, -0.1) is 0 Å². The van der Waals surface area contributed by atoms with Crippen molar-refractivity contribution in [3.63, 3.8) is 0 Å². The first kappa shape index (κ1) is 12.8. The van der Waals surface area contributed by atoms with Gasteiger partial charge in [0, 0.05) is 0 Å². The maximum atomic E-state index is 12.1. The van der Waals surface area contributed by atoms with Gasteiger partial charge in [-0.3, -0.25) is 0 Å². The van der Waals surface area contributed by atoms with Gasteiger partial charge in [-0.05, 0) is 0 Å². The summed E-state index contributed by atoms with van der Waals surface area (Å²) >= 11 is -0.0971. The van der Waals surface area contributed by atoms with Gasteiger partial charge in [-0.2, -0.15) is 0 Å². The number of anilines is 2. The Balaban J connectivity index is 1.76. The number of carbonyl (C=O) groups is 1. The summed E-state index contributed by atoms with van der Waals surface area (Å²) in [6, 6.07) is 12.9. The molecule has 3 N–H and O–H groups in total. The average molecular weight is 331 g/mol. The second kappa shape index (κ2) is 5.44. The fraction of sp³-hybridized carbons (Fsp3) is 0.0714. The number of nitrogens with one attached hydrogen (secondary N) is 1. The molecule has 0 aliphatic heterocycles. The van der Waals surface area contributed by atoms with E-state index in [0.29, 0.717) is 12.1 Å². The van der Waals surface area contributed by atoms with Gasteiger partial charge in [0.2, 0.25) is 0 Å². The van der Waals surface area contributed by atoms with Crippen molar-refractivity contribution in [2.45, 2.75) is 6.42 Å². The van der Waals surface area contributed by atoms with Gasteiger partial charge in [0.1, 0.15) is 0 Å². The molecular formula is C14H12N4OSe. The molecule has 0 fully saturated rings. The quantitative estimate of drug-likeness (QED) is 0.562. The Kier molecular flexibility index (Phi) is 3.50. The van der Waals surface area contributed by atoms with Crippen molar-refractivity contribution in [1.29, 1.82) is 0 Å². The third-order valence-corrected chi connectivity index (χ3v) is 4.04. The molecule has 5 nitrogen and oxygen atoms in total. The summed E-state index contributed by atoms with van der Waals surface area (Å²) in [6.45, 7) is 0. The van der Waals surface area contributed by atoms with E-state index in [-0.39, 0.29) is 20.9 Å². The number of amides is 1. The van der Waals surface area contributed by atoms with E-state index in [1.54, 1.807) is 12.1 Å². The number of benzene rings is 2. The second-order valence-electron chi connectivity index (χ2n) is 4.40. The zero-order valence-corrected chi connectivity index (χ0v) is 12.2. The van der Waals surface area contributed by atoms with E-state index in [1.807, 2.05) is 30.3 Å². The zero-order chi connectivity index (χ0) is 13.9. The van der Waals surface area contributed by atoms with E-state index in [9.17, 15) is 4.79 Å². The van der Waals surface area contributed by atoms with Crippen LogP contribution in [0.15, 0.2) is 42.5 Å². The normalized spacial score (nSPS) is 10.6. The molecule has 3 rings (SSSR count). The van der Waals surface area contributed by atoms with Crippen LogP contribution in [0.25, 0.3) is 11.0 Å². The van der Waals surface area contributed by atoms with Crippen LogP contribution in [0.4, 0.5) is 11.4 Å². The van der Waals surface area contributed by atoms with E-state index in [2.05, 4.69) is 13.3 Å². The van der Waals surface area contributed by atoms with Crippen LogP contribution in [-0.2, 0) is 11.2 Å². The van der Waals surface area contributed by atoms with Gasteiger partial charge in [-0.1, -0.05) is 0 Å². The fourth-order valence-electron chi connectivity index (χ4n) is 1.92. The molecule has 0 unspecified atom stereocenters. The molecule has 0 bridgehead atoms. The number of nitrogens with two attached hydrogens (primary N) is 1. The zero-order valence-electron chi connectivity index (χ0n) is 10.5. The Morgan fingerprint density at radius 1 is 1.15 bits per heavy atom. The molecule has 0 saturated heterocycles. The summed E-state index contributed by atoms with van der Waals surface area (Å²) in [5.74, 6) is -0.0715. The molecule has 0 radical (unpaired) electrons. The third-order valence-electron chi connectivity index (χ3n) is 2.90. The van der Waals surface area contributed by atoms with Gasteiger partial charge in [0.15, 0.2) is 0 Å². The summed E-state index contributed by atoms with van der Waals surface area (Å²) < 4.78 is 8.63. The van der Waals surface area contributed by atoms with Gasteiger partial charge >= 0.3 is 122 Å². The summed E-state index contributed by atoms with van der Waals surface area (Å²) in [5.41, 5.74) is 9.61. The van der Waals surface area contributed by atoms with E-state index in [1.165, 1.54) is 0 Å². The number of carbonyl (C=O) groups excluding carboxylic acids is 1. The first-order valence-corrected chi connectivity index (χ1v) is 7.61. The predicted molar refractivity (Wildman–Crippen MR) is 79.7 cm³/mol. The molecule has 0 aliphatic carbocycles. The molecule has 1 amide bonds. The standard InChI is InChI=1S/C14H12N4OSe/c15-10-6-4-9(5-7-10)8-13(19)16-11-2-1-3-12-14(11)18-20-17-12/h1-7H,8,15H2,(H,16,19). The van der Waals surface area contributed by atoms with E-state index < -0.39 is 0 Å². The van der Waals surface area contributed by atoms with Crippen molar-refractivity contribution in [3.05, 3.63) is 48.0 Å². The molecule has 2 aromatic carbocycles. The minimum absolute atomic E-state index is 0.0715. The van der Waals surface area contributed by atoms with Gasteiger partial charge in [0.05, 0.1) is 0 Å². The molecule has 100 valence electrons. The fourth-order valence-corrected chi connectivity index (χ4v) is 3.08. The monoisotopic (exact) mass is 332 g/mol. The van der Waals surface area contributed by atoms with Gasteiger partial charge in [0.25, 0.3) is 0 Å². The van der Waals surface area contributed by atoms with Crippen LogP contribution in [0.2, 0.25) is 0 Å². The van der Waals surface area contributed by atoms with Crippen molar-refractivity contribution in [1.82, 2.24) is 7.96 Å². The maximum absolute atomic E-state index is 12.1. The molecule has 1 aromatic heterocycles. The van der Waals surface area contributed by atoms with Crippen LogP contribution < -0.4 is 11.1 Å². The van der Waals surface area contributed by atoms with Gasteiger partial charge < -0.3 is 0 Å². The molecule has 0 aliphatic rings. The number of nitrogens with zero attached hydrogens (tertiary/aromatic N) is 2. The first-order chi connectivity index (χ1) is 9.72. The Hall–Kier alpha value is -2.17. The molecule has 20 heavy (non-hydrogen) atoms. The van der Waals surface area contributed by atoms with Crippen LogP contribution in [0, 0.1) is 0 Å². The van der Waals surface area contributed by atoms with Crippen LogP contribution in [-0.4, -0.2) is 28.8 Å². The van der Waals surface area contributed by atoms with Crippen LogP contribution in [0.3, 0.4) is 0 Å². The average Bonchev–Trinajstić information content (AvgIpc) is 2.91. The van der Waals surface area contributed by atoms with Crippen molar-refractivity contribution in [3.8, 4) is 0 Å². The van der Waals surface area contributed by atoms with Crippen molar-refractivity contribution in [2.75, 3.05) is 11.1 Å². The number of fused-ring (bicyclic) bond motifs is 1. The summed E-state index contributed by atoms with van der Waals surface area (Å²) in [6.07, 6.45) is 0.312. The molecular weight excluding hydrogens is 319 g/mol. The summed E-state index contributed by atoms with van der Waals surface area (Å²) in [7, 11) is 0. The van der Waals surface area contributed by atoms with Gasteiger partial charge in [-0.25, -0.2) is 0 Å². The second-order valence-corrected chi connectivity index (χ2v) is 5.51. The number of hydrogen-bond acceptors (Lipinski definition) is 4. The number of aromatic nitrogens is 2. The molecule has 0 spiro atoms. The molecule has 0 saturated carbocycles. The predicted octanol–water partition coefficient (Wildman–Crippen LogP) is 1.45. The summed E-state index contributed by atoms with van der Waals surface area (Å²) in [4.78, 5) is 12.1. The Labute approximate surface area is 122 Å². The van der Waals surface area contributed by atoms with Crippen LogP contribution in [0.5, 0.6) is 0 Å². The SMILES string of the molecule is Nc1ccc(CC(=O)Nc2cccc3n[se]nc23)cc1. The van der Waals surface area contributed by atoms with E-state index in [4.69, 9.17) is 5.73 Å². The number of hydrogen-bond donors (Lipinski definition) is 2. The Morgan fingerprint density at radius 2 is 1.95 bits per heavy atom. The molecule has 6 heteroatoms. The Morgan fingerprint density at radius 3 is 2.75 bits per heavy atom. The molecule has 3 aromatic rings. The van der Waals surface area contributed by atoms with Crippen molar-refractivity contribution in [2.24, 2.45) is 0 Å². The topological polar surface area (TPSA) is 80.9 Å². The first-order valence-electron chi connectivity index (χ1n) is 6.08. The molecule has 0 atom stereocenters. The summed E-state index contributed by atoms with van der Waals surface area (Å²) in [5, 5.41) is 2.89. The third kappa shape index (κ3) is 2.71. The minimum atomic E-state index is -0.0971. The van der Waals surface area contributed by atoms with Crippen molar-refractivity contribution >= 4 is 43.3 Å². The van der Waals surface area contributed by atoms with Crippen LogP contribution in [0.1, 0.15) is 5.56 Å². The number of nitrogen functional groups attached to an aromatic ring is 1. The Bertz CT molecular complexity index is 751. The number of rotatable bonds is 3. The molecule has 1 heterocycles. The van der Waals surface area contributed by atoms with Crippen LogP contribution >= 0.6 is 0 Å². The van der Waals surface area contributed by atoms with Crippen molar-refractivity contribution < 1.29 is 4.79 Å². The van der Waals surface area contributed by atoms with E-state index in [0.717, 1.165) is 22.3 Å².